The SMILES string of the molecule is O=C(O)CC1CN(C(=O)Cn2c(=O)[nH]c3ccccc32)CCO1. The summed E-state index contributed by atoms with van der Waals surface area (Å²) in [6.07, 6.45) is -0.651. The van der Waals surface area contributed by atoms with Gasteiger partial charge in [0.1, 0.15) is 6.54 Å². The standard InChI is InChI=1S/C15H17N3O5/c19-13(17-5-6-23-10(8-17)7-14(20)21)9-18-12-4-2-1-3-11(12)16-15(18)22/h1-4,10H,5-9H2,(H,16,22)(H,20,21). The molecule has 1 aliphatic heterocycles. The first kappa shape index (κ1) is 15.3. The van der Waals surface area contributed by atoms with Gasteiger partial charge in [-0.1, -0.05) is 12.1 Å². The van der Waals surface area contributed by atoms with E-state index in [1.54, 1.807) is 23.1 Å². The molecule has 2 N–H and O–H groups in total. The highest BCUT2D eigenvalue weighted by atomic mass is 16.5. The minimum absolute atomic E-state index is 0.0807. The molecular weight excluding hydrogens is 302 g/mol. The monoisotopic (exact) mass is 319 g/mol. The van der Waals surface area contributed by atoms with E-state index in [9.17, 15) is 14.4 Å². The van der Waals surface area contributed by atoms with E-state index in [1.165, 1.54) is 4.57 Å². The number of benzene rings is 1. The van der Waals surface area contributed by atoms with Crippen LogP contribution in [0.3, 0.4) is 0 Å². The summed E-state index contributed by atoms with van der Waals surface area (Å²) in [5, 5.41) is 8.82. The normalized spacial score (nSPS) is 18.3. The van der Waals surface area contributed by atoms with Crippen molar-refractivity contribution in [1.82, 2.24) is 14.5 Å². The molecular formula is C15H17N3O5. The Labute approximate surface area is 131 Å². The highest BCUT2D eigenvalue weighted by Crippen LogP contribution is 2.12. The molecule has 1 saturated heterocycles. The Balaban J connectivity index is 1.74. The number of amides is 1. The summed E-state index contributed by atoms with van der Waals surface area (Å²) in [6, 6.07) is 7.15. The summed E-state index contributed by atoms with van der Waals surface area (Å²) in [4.78, 5) is 39.5. The zero-order chi connectivity index (χ0) is 16.4. The number of carbonyl (C=O) groups excluding carboxylic acids is 1. The minimum Gasteiger partial charge on any atom is -0.481 e. The van der Waals surface area contributed by atoms with Gasteiger partial charge in [-0.05, 0) is 12.1 Å². The van der Waals surface area contributed by atoms with Gasteiger partial charge in [0.2, 0.25) is 5.91 Å². The van der Waals surface area contributed by atoms with E-state index in [4.69, 9.17) is 9.84 Å². The van der Waals surface area contributed by atoms with Crippen molar-refractivity contribution in [2.45, 2.75) is 19.1 Å². The van der Waals surface area contributed by atoms with E-state index >= 15 is 0 Å². The summed E-state index contributed by atoms with van der Waals surface area (Å²) in [5.41, 5.74) is 1.01. The molecule has 122 valence electrons. The van der Waals surface area contributed by atoms with Crippen LogP contribution in [0.5, 0.6) is 0 Å². The molecule has 1 aromatic heterocycles. The first-order chi connectivity index (χ1) is 11.0. The summed E-state index contributed by atoms with van der Waals surface area (Å²) >= 11 is 0. The zero-order valence-corrected chi connectivity index (χ0v) is 12.4. The van der Waals surface area contributed by atoms with Crippen LogP contribution in [-0.2, 0) is 20.9 Å². The maximum atomic E-state index is 12.4. The largest absolute Gasteiger partial charge is 0.481 e. The van der Waals surface area contributed by atoms with Crippen LogP contribution in [-0.4, -0.2) is 57.2 Å². The lowest BCUT2D eigenvalue weighted by molar-refractivity contribution is -0.148. The Morgan fingerprint density at radius 2 is 2.13 bits per heavy atom. The number of fused-ring (bicyclic) bond motifs is 1. The lowest BCUT2D eigenvalue weighted by atomic mass is 10.2. The third-order valence-corrected chi connectivity index (χ3v) is 3.87. The van der Waals surface area contributed by atoms with E-state index in [0.717, 1.165) is 0 Å². The molecule has 8 nitrogen and oxygen atoms in total. The molecule has 1 fully saturated rings. The van der Waals surface area contributed by atoms with E-state index in [0.29, 0.717) is 24.2 Å². The Hall–Kier alpha value is -2.61. The van der Waals surface area contributed by atoms with Gasteiger partial charge in [-0.3, -0.25) is 14.2 Å². The first-order valence-corrected chi connectivity index (χ1v) is 7.33. The number of H-pyrrole nitrogens is 1. The van der Waals surface area contributed by atoms with E-state index in [2.05, 4.69) is 4.98 Å². The molecule has 1 atom stereocenters. The minimum atomic E-state index is -0.961. The number of hydrogen-bond donors (Lipinski definition) is 2. The number of carboxylic acid groups (broad SMARTS) is 1. The Morgan fingerprint density at radius 3 is 2.91 bits per heavy atom. The van der Waals surface area contributed by atoms with Gasteiger partial charge in [0, 0.05) is 13.1 Å². The van der Waals surface area contributed by atoms with Crippen LogP contribution in [0.2, 0.25) is 0 Å². The number of carbonyl (C=O) groups is 2. The lowest BCUT2D eigenvalue weighted by Gasteiger charge is -2.32. The number of aliphatic carboxylic acids is 1. The summed E-state index contributed by atoms with van der Waals surface area (Å²) in [7, 11) is 0. The average molecular weight is 319 g/mol. The number of carboxylic acids is 1. The van der Waals surface area contributed by atoms with Crippen LogP contribution in [0.25, 0.3) is 11.0 Å². The number of hydrogen-bond acceptors (Lipinski definition) is 4. The van der Waals surface area contributed by atoms with E-state index < -0.39 is 12.1 Å². The molecule has 23 heavy (non-hydrogen) atoms. The van der Waals surface area contributed by atoms with Gasteiger partial charge in [-0.15, -0.1) is 0 Å². The molecule has 0 bridgehead atoms. The molecule has 1 amide bonds. The molecule has 2 aromatic rings. The van der Waals surface area contributed by atoms with Crippen LogP contribution < -0.4 is 5.69 Å². The Morgan fingerprint density at radius 1 is 1.35 bits per heavy atom. The van der Waals surface area contributed by atoms with Crippen molar-refractivity contribution in [2.75, 3.05) is 19.7 Å². The van der Waals surface area contributed by atoms with Gasteiger partial charge >= 0.3 is 11.7 Å². The van der Waals surface area contributed by atoms with Crippen molar-refractivity contribution < 1.29 is 19.4 Å². The van der Waals surface area contributed by atoms with Crippen LogP contribution in [0, 0.1) is 0 Å². The summed E-state index contributed by atoms with van der Waals surface area (Å²) < 4.78 is 6.74. The van der Waals surface area contributed by atoms with Crippen molar-refractivity contribution in [3.8, 4) is 0 Å². The van der Waals surface area contributed by atoms with E-state index in [1.807, 2.05) is 6.07 Å². The lowest BCUT2D eigenvalue weighted by Crippen LogP contribution is -2.47. The number of aromatic amines is 1. The van der Waals surface area contributed by atoms with Crippen molar-refractivity contribution in [3.05, 3.63) is 34.7 Å². The average Bonchev–Trinajstić information content (AvgIpc) is 2.83. The number of nitrogens with zero attached hydrogens (tertiary/aromatic N) is 2. The van der Waals surface area contributed by atoms with Crippen molar-refractivity contribution in [1.29, 1.82) is 0 Å². The van der Waals surface area contributed by atoms with E-state index in [-0.39, 0.29) is 31.1 Å². The fourth-order valence-corrected chi connectivity index (χ4v) is 2.76. The molecule has 0 aliphatic carbocycles. The van der Waals surface area contributed by atoms with Crippen molar-refractivity contribution in [3.63, 3.8) is 0 Å². The fraction of sp³-hybridized carbons (Fsp3) is 0.400. The number of morpholine rings is 1. The number of rotatable bonds is 4. The van der Waals surface area contributed by atoms with Crippen molar-refractivity contribution in [2.24, 2.45) is 0 Å². The van der Waals surface area contributed by atoms with Gasteiger partial charge in [-0.2, -0.15) is 0 Å². The fourth-order valence-electron chi connectivity index (χ4n) is 2.76. The molecule has 0 saturated carbocycles. The van der Waals surface area contributed by atoms with Gasteiger partial charge < -0.3 is 19.7 Å². The number of imidazole rings is 1. The molecule has 2 heterocycles. The molecule has 3 rings (SSSR count). The topological polar surface area (TPSA) is 105 Å². The van der Waals surface area contributed by atoms with Gasteiger partial charge in [-0.25, -0.2) is 4.79 Å². The van der Waals surface area contributed by atoms with Gasteiger partial charge in [0.15, 0.2) is 0 Å². The van der Waals surface area contributed by atoms with Gasteiger partial charge in [0.25, 0.3) is 0 Å². The predicted octanol–water partition coefficient (Wildman–Crippen LogP) is 0.0317. The molecule has 8 heteroatoms. The third-order valence-electron chi connectivity index (χ3n) is 3.87. The maximum absolute atomic E-state index is 12.4. The Bertz CT molecular complexity index is 794. The predicted molar refractivity (Wildman–Crippen MR) is 81.1 cm³/mol. The van der Waals surface area contributed by atoms with Gasteiger partial charge in [0.05, 0.1) is 30.2 Å². The zero-order valence-electron chi connectivity index (χ0n) is 12.4. The summed E-state index contributed by atoms with van der Waals surface area (Å²) in [5.74, 6) is -1.19. The summed E-state index contributed by atoms with van der Waals surface area (Å²) in [6.45, 7) is 0.837. The van der Waals surface area contributed by atoms with Crippen LogP contribution in [0.4, 0.5) is 0 Å². The van der Waals surface area contributed by atoms with Crippen molar-refractivity contribution >= 4 is 22.9 Å². The molecule has 1 aromatic carbocycles. The molecule has 0 spiro atoms. The maximum Gasteiger partial charge on any atom is 0.326 e. The van der Waals surface area contributed by atoms with Crippen LogP contribution in [0.15, 0.2) is 29.1 Å². The highest BCUT2D eigenvalue weighted by Gasteiger charge is 2.26. The van der Waals surface area contributed by atoms with Crippen LogP contribution in [0.1, 0.15) is 6.42 Å². The molecule has 0 radical (unpaired) electrons. The quantitative estimate of drug-likeness (QED) is 0.827. The molecule has 1 unspecified atom stereocenters. The second-order valence-corrected chi connectivity index (χ2v) is 5.46. The Kier molecular flexibility index (Phi) is 4.16. The number of para-hydroxylation sites is 2. The smallest absolute Gasteiger partial charge is 0.326 e. The first-order valence-electron chi connectivity index (χ1n) is 7.33. The second kappa shape index (κ2) is 6.25. The van der Waals surface area contributed by atoms with Crippen LogP contribution >= 0.6 is 0 Å². The number of nitrogens with one attached hydrogen (secondary N) is 1. The molecule has 1 aliphatic rings. The highest BCUT2D eigenvalue weighted by molar-refractivity contribution is 5.80. The third kappa shape index (κ3) is 3.26. The second-order valence-electron chi connectivity index (χ2n) is 5.46. The number of aromatic nitrogens is 2. The number of ether oxygens (including phenoxy) is 1.